The topological polar surface area (TPSA) is 55.4 Å². The van der Waals surface area contributed by atoms with Gasteiger partial charge in [0.25, 0.3) is 0 Å². The summed E-state index contributed by atoms with van der Waals surface area (Å²) in [6.07, 6.45) is 5.90. The molecule has 140 valence electrons. The van der Waals surface area contributed by atoms with Crippen LogP contribution in [0.25, 0.3) is 0 Å². The van der Waals surface area contributed by atoms with Crippen LogP contribution in [0.2, 0.25) is 0 Å². The van der Waals surface area contributed by atoms with Crippen LogP contribution < -0.4 is 5.32 Å². The Hall–Kier alpha value is -1.14. The molecule has 1 N–H and O–H groups in total. The van der Waals surface area contributed by atoms with Crippen molar-refractivity contribution in [1.29, 1.82) is 0 Å². The molecule has 4 rings (SSSR count). The molecule has 4 nitrogen and oxygen atoms in total. The molecule has 1 aromatic carbocycles. The summed E-state index contributed by atoms with van der Waals surface area (Å²) in [5.74, 6) is 3.76. The molecule has 2 saturated carbocycles. The summed E-state index contributed by atoms with van der Waals surface area (Å²) >= 11 is 4.34. The number of hydrogen-bond donors (Lipinski definition) is 1. The van der Waals surface area contributed by atoms with Crippen LogP contribution in [0, 0.1) is 17.8 Å². The van der Waals surface area contributed by atoms with Crippen molar-refractivity contribution in [2.75, 3.05) is 23.9 Å². The second-order valence-corrected chi connectivity index (χ2v) is 10.5. The van der Waals surface area contributed by atoms with Gasteiger partial charge in [-0.05, 0) is 61.8 Å². The molecule has 1 heterocycles. The highest BCUT2D eigenvalue weighted by molar-refractivity contribution is 8.21. The van der Waals surface area contributed by atoms with Gasteiger partial charge in [-0.2, -0.15) is 0 Å². The van der Waals surface area contributed by atoms with Gasteiger partial charge in [0.15, 0.2) is 0 Å². The maximum absolute atomic E-state index is 12.9. The van der Waals surface area contributed by atoms with Crippen LogP contribution in [0.15, 0.2) is 24.3 Å². The Bertz CT molecular complexity index is 669. The molecule has 3 aliphatic rings. The van der Waals surface area contributed by atoms with Crippen molar-refractivity contribution in [3.63, 3.8) is 0 Å². The Morgan fingerprint density at radius 3 is 2.27 bits per heavy atom. The summed E-state index contributed by atoms with van der Waals surface area (Å²) in [4.78, 5) is 24.4. The van der Waals surface area contributed by atoms with E-state index in [1.807, 2.05) is 0 Å². The van der Waals surface area contributed by atoms with E-state index < -0.39 is 0 Å². The fourth-order valence-corrected chi connectivity index (χ4v) is 8.81. The average molecular weight is 392 g/mol. The third kappa shape index (κ3) is 3.26. The summed E-state index contributed by atoms with van der Waals surface area (Å²) in [6.45, 7) is 0. The molecule has 0 radical (unpaired) electrons. The smallest absolute Gasteiger partial charge is 0.337 e. The van der Waals surface area contributed by atoms with Crippen molar-refractivity contribution >= 4 is 41.1 Å². The highest BCUT2D eigenvalue weighted by atomic mass is 32.2. The molecule has 1 saturated heterocycles. The Kier molecular flexibility index (Phi) is 5.24. The van der Waals surface area contributed by atoms with Crippen LogP contribution in [-0.2, 0) is 9.53 Å². The van der Waals surface area contributed by atoms with Crippen molar-refractivity contribution in [2.24, 2.45) is 17.8 Å². The number of carbonyl (C=O) groups excluding carboxylic acids is 2. The fourth-order valence-electron chi connectivity index (χ4n) is 4.88. The Labute approximate surface area is 163 Å². The van der Waals surface area contributed by atoms with Crippen LogP contribution in [0.1, 0.15) is 42.5 Å². The maximum Gasteiger partial charge on any atom is 0.337 e. The zero-order chi connectivity index (χ0) is 18.1. The summed E-state index contributed by atoms with van der Waals surface area (Å²) in [5.41, 5.74) is 1.24. The predicted molar refractivity (Wildman–Crippen MR) is 108 cm³/mol. The lowest BCUT2D eigenvalue weighted by molar-refractivity contribution is -0.122. The summed E-state index contributed by atoms with van der Waals surface area (Å²) in [7, 11) is 1.37. The molecule has 3 fully saturated rings. The molecule has 2 unspecified atom stereocenters. The molecule has 1 aliphatic heterocycles. The van der Waals surface area contributed by atoms with Gasteiger partial charge in [0, 0.05) is 23.1 Å². The van der Waals surface area contributed by atoms with E-state index in [1.165, 1.54) is 37.9 Å². The summed E-state index contributed by atoms with van der Waals surface area (Å²) in [6, 6.07) is 6.94. The van der Waals surface area contributed by atoms with Gasteiger partial charge >= 0.3 is 5.97 Å². The lowest BCUT2D eigenvalue weighted by Gasteiger charge is -2.52. The van der Waals surface area contributed by atoms with Crippen LogP contribution in [0.4, 0.5) is 5.69 Å². The van der Waals surface area contributed by atoms with Gasteiger partial charge in [-0.3, -0.25) is 4.79 Å². The number of nitrogens with one attached hydrogen (secondary N) is 1. The first kappa shape index (κ1) is 18.2. The van der Waals surface area contributed by atoms with E-state index in [-0.39, 0.29) is 17.8 Å². The lowest BCUT2D eigenvalue weighted by atomic mass is 9.67. The Morgan fingerprint density at radius 1 is 1.08 bits per heavy atom. The minimum Gasteiger partial charge on any atom is -0.465 e. The van der Waals surface area contributed by atoms with E-state index in [9.17, 15) is 9.59 Å². The number of thioether (sulfide) groups is 2. The van der Waals surface area contributed by atoms with E-state index in [4.69, 9.17) is 4.74 Å². The highest BCUT2D eigenvalue weighted by Gasteiger charge is 2.55. The first-order valence-electron chi connectivity index (χ1n) is 9.39. The maximum atomic E-state index is 12.9. The largest absolute Gasteiger partial charge is 0.465 e. The Morgan fingerprint density at radius 2 is 1.69 bits per heavy atom. The second-order valence-electron chi connectivity index (χ2n) is 7.47. The van der Waals surface area contributed by atoms with Gasteiger partial charge in [0.05, 0.1) is 16.8 Å². The van der Waals surface area contributed by atoms with Gasteiger partial charge in [0.1, 0.15) is 0 Å². The zero-order valence-corrected chi connectivity index (χ0v) is 16.7. The van der Waals surface area contributed by atoms with Crippen LogP contribution in [-0.4, -0.2) is 34.6 Å². The third-order valence-corrected chi connectivity index (χ3v) is 10.1. The van der Waals surface area contributed by atoms with Crippen molar-refractivity contribution in [2.45, 2.75) is 36.2 Å². The number of rotatable bonds is 3. The fraction of sp³-hybridized carbons (Fsp3) is 0.600. The number of anilines is 1. The number of carbonyl (C=O) groups is 2. The predicted octanol–water partition coefficient (Wildman–Crippen LogP) is 4.41. The number of esters is 1. The second kappa shape index (κ2) is 7.47. The van der Waals surface area contributed by atoms with E-state index in [2.05, 4.69) is 28.8 Å². The molecule has 1 aromatic rings. The van der Waals surface area contributed by atoms with Crippen LogP contribution in [0.3, 0.4) is 0 Å². The van der Waals surface area contributed by atoms with Crippen molar-refractivity contribution in [3.05, 3.63) is 29.8 Å². The molecule has 2 atom stereocenters. The molecule has 2 aliphatic carbocycles. The van der Waals surface area contributed by atoms with E-state index in [0.717, 1.165) is 18.5 Å². The van der Waals surface area contributed by atoms with E-state index in [1.54, 1.807) is 24.3 Å². The van der Waals surface area contributed by atoms with E-state index >= 15 is 0 Å². The molecule has 1 spiro atoms. The van der Waals surface area contributed by atoms with Crippen LogP contribution >= 0.6 is 23.5 Å². The monoisotopic (exact) mass is 391 g/mol. The number of ether oxygens (including phenoxy) is 1. The zero-order valence-electron chi connectivity index (χ0n) is 15.0. The first-order chi connectivity index (χ1) is 12.6. The summed E-state index contributed by atoms with van der Waals surface area (Å²) in [5, 5.41) is 3.06. The number of methoxy groups -OCH3 is 1. The average Bonchev–Trinajstić information content (AvgIpc) is 3.11. The minimum absolute atomic E-state index is 0.109. The van der Waals surface area contributed by atoms with Crippen molar-refractivity contribution in [1.82, 2.24) is 0 Å². The van der Waals surface area contributed by atoms with Crippen molar-refractivity contribution in [3.8, 4) is 0 Å². The van der Waals surface area contributed by atoms with Gasteiger partial charge in [-0.15, -0.1) is 23.5 Å². The first-order valence-corrected chi connectivity index (χ1v) is 11.4. The minimum atomic E-state index is -0.361. The van der Waals surface area contributed by atoms with Gasteiger partial charge in [0.2, 0.25) is 5.91 Å². The Balaban J connectivity index is 1.42. The van der Waals surface area contributed by atoms with E-state index in [0.29, 0.717) is 21.5 Å². The normalized spacial score (nSPS) is 29.3. The van der Waals surface area contributed by atoms with Gasteiger partial charge < -0.3 is 10.1 Å². The molecule has 0 aromatic heterocycles. The summed E-state index contributed by atoms with van der Waals surface area (Å²) < 4.78 is 5.11. The number of hydrogen-bond acceptors (Lipinski definition) is 5. The highest BCUT2D eigenvalue weighted by Crippen LogP contribution is 2.64. The van der Waals surface area contributed by atoms with Gasteiger partial charge in [-0.25, -0.2) is 4.79 Å². The molecule has 6 heteroatoms. The molecular weight excluding hydrogens is 366 g/mol. The molecule has 2 bridgehead atoms. The van der Waals surface area contributed by atoms with Gasteiger partial charge in [-0.1, -0.05) is 6.42 Å². The SMILES string of the molecule is COC(=O)c1ccc(NC(=O)C2CC3CCCC(C2)C32SCCS2)cc1. The molecule has 26 heavy (non-hydrogen) atoms. The van der Waals surface area contributed by atoms with Crippen LogP contribution in [0.5, 0.6) is 0 Å². The number of amides is 1. The standard InChI is InChI=1S/C20H25NO3S2/c1-24-19(23)13-5-7-17(8-6-13)21-18(22)14-11-15-3-2-4-16(12-14)20(15)25-9-10-26-20/h5-8,14-16H,2-4,9-12H2,1H3,(H,21,22). The lowest BCUT2D eigenvalue weighted by Crippen LogP contribution is -2.48. The van der Waals surface area contributed by atoms with Crippen molar-refractivity contribution < 1.29 is 14.3 Å². The number of benzene rings is 1. The molecule has 1 amide bonds. The quantitative estimate of drug-likeness (QED) is 0.773. The third-order valence-electron chi connectivity index (χ3n) is 6.06. The molecular formula is C20H25NO3S2.